The molecule has 1 amide bonds. The minimum Gasteiger partial charge on any atom is -0.480 e. The first-order valence-electron chi connectivity index (χ1n) is 8.03. The molecule has 1 aliphatic heterocycles. The van der Waals surface area contributed by atoms with Gasteiger partial charge in [-0.05, 0) is 37.1 Å². The van der Waals surface area contributed by atoms with Crippen LogP contribution in [0, 0.1) is 0 Å². The van der Waals surface area contributed by atoms with Crippen molar-refractivity contribution in [3.05, 3.63) is 48.0 Å². The van der Waals surface area contributed by atoms with Gasteiger partial charge in [0.25, 0.3) is 5.91 Å². The van der Waals surface area contributed by atoms with E-state index in [0.717, 1.165) is 0 Å². The van der Waals surface area contributed by atoms with Crippen LogP contribution in [0.15, 0.2) is 41.1 Å². The Hall–Kier alpha value is -2.35. The van der Waals surface area contributed by atoms with E-state index in [0.29, 0.717) is 37.3 Å². The number of furan rings is 1. The van der Waals surface area contributed by atoms with Crippen molar-refractivity contribution in [3.63, 3.8) is 0 Å². The normalized spacial score (nSPS) is 16.0. The van der Waals surface area contributed by atoms with Gasteiger partial charge >= 0.3 is 0 Å². The molecule has 0 radical (unpaired) electrons. The predicted octanol–water partition coefficient (Wildman–Crippen LogP) is 1.90. The molecule has 0 bridgehead atoms. The third-order valence-electron chi connectivity index (χ3n) is 4.36. The Balaban J connectivity index is 1.64. The minimum atomic E-state index is -3.30. The number of carbonyl (C=O) groups excluding carboxylic acids is 1. The Labute approximate surface area is 146 Å². The van der Waals surface area contributed by atoms with Crippen LogP contribution in [0.3, 0.4) is 0 Å². The Morgan fingerprint density at radius 1 is 1.32 bits per heavy atom. The van der Waals surface area contributed by atoms with E-state index in [1.807, 2.05) is 0 Å². The fourth-order valence-electron chi connectivity index (χ4n) is 3.02. The SMILES string of the molecule is COc1ncccc1C(=O)N1CCC(S(=O)(=O)Cc2ccco2)CC1. The highest BCUT2D eigenvalue weighted by Gasteiger charge is 2.33. The largest absolute Gasteiger partial charge is 0.480 e. The van der Waals surface area contributed by atoms with Gasteiger partial charge in [-0.2, -0.15) is 0 Å². The third-order valence-corrected chi connectivity index (χ3v) is 6.53. The van der Waals surface area contributed by atoms with E-state index in [1.54, 1.807) is 35.4 Å². The maximum atomic E-state index is 12.6. The average Bonchev–Trinajstić information content (AvgIpc) is 3.13. The van der Waals surface area contributed by atoms with Gasteiger partial charge in [-0.25, -0.2) is 13.4 Å². The summed E-state index contributed by atoms with van der Waals surface area (Å²) in [6.45, 7) is 0.776. The molecule has 0 unspecified atom stereocenters. The van der Waals surface area contributed by atoms with Crippen LogP contribution >= 0.6 is 0 Å². The number of aromatic nitrogens is 1. The molecule has 0 saturated carbocycles. The summed E-state index contributed by atoms with van der Waals surface area (Å²) in [7, 11) is -1.84. The number of pyridine rings is 1. The van der Waals surface area contributed by atoms with Gasteiger partial charge < -0.3 is 14.1 Å². The fraction of sp³-hybridized carbons (Fsp3) is 0.412. The molecule has 8 heteroatoms. The molecule has 1 aliphatic rings. The molecule has 0 spiro atoms. The molecule has 25 heavy (non-hydrogen) atoms. The molecule has 2 aromatic rings. The van der Waals surface area contributed by atoms with E-state index in [4.69, 9.17) is 9.15 Å². The highest BCUT2D eigenvalue weighted by Crippen LogP contribution is 2.24. The molecule has 0 aromatic carbocycles. The Kier molecular flexibility index (Phi) is 5.08. The van der Waals surface area contributed by atoms with Crippen molar-refractivity contribution in [1.82, 2.24) is 9.88 Å². The lowest BCUT2D eigenvalue weighted by Gasteiger charge is -2.31. The number of methoxy groups -OCH3 is 1. The van der Waals surface area contributed by atoms with Crippen molar-refractivity contribution in [3.8, 4) is 5.88 Å². The van der Waals surface area contributed by atoms with Crippen molar-refractivity contribution < 1.29 is 22.4 Å². The molecule has 1 saturated heterocycles. The average molecular weight is 364 g/mol. The Morgan fingerprint density at radius 2 is 2.08 bits per heavy atom. The first-order valence-corrected chi connectivity index (χ1v) is 9.75. The molecule has 134 valence electrons. The van der Waals surface area contributed by atoms with Gasteiger partial charge in [0.1, 0.15) is 17.1 Å². The predicted molar refractivity (Wildman–Crippen MR) is 91.0 cm³/mol. The van der Waals surface area contributed by atoms with E-state index in [1.165, 1.54) is 13.4 Å². The summed E-state index contributed by atoms with van der Waals surface area (Å²) >= 11 is 0. The lowest BCUT2D eigenvalue weighted by atomic mass is 10.1. The fourth-order valence-corrected chi connectivity index (χ4v) is 4.74. The lowest BCUT2D eigenvalue weighted by molar-refractivity contribution is 0.0721. The molecule has 3 rings (SSSR count). The molecule has 3 heterocycles. The van der Waals surface area contributed by atoms with Crippen molar-refractivity contribution in [2.24, 2.45) is 0 Å². The molecule has 7 nitrogen and oxygen atoms in total. The Bertz CT molecular complexity index is 824. The maximum Gasteiger partial charge on any atom is 0.259 e. The Morgan fingerprint density at radius 3 is 2.72 bits per heavy atom. The highest BCUT2D eigenvalue weighted by molar-refractivity contribution is 7.91. The molecule has 2 aromatic heterocycles. The monoisotopic (exact) mass is 364 g/mol. The van der Waals surface area contributed by atoms with Crippen molar-refractivity contribution in [2.45, 2.75) is 23.8 Å². The van der Waals surface area contributed by atoms with E-state index >= 15 is 0 Å². The minimum absolute atomic E-state index is 0.102. The van der Waals surface area contributed by atoms with Crippen LogP contribution in [0.1, 0.15) is 29.0 Å². The van der Waals surface area contributed by atoms with Crippen LogP contribution in [0.25, 0.3) is 0 Å². The summed E-state index contributed by atoms with van der Waals surface area (Å²) in [6.07, 6.45) is 3.85. The molecular formula is C17H20N2O5S. The van der Waals surface area contributed by atoms with Crippen LogP contribution in [0.2, 0.25) is 0 Å². The molecular weight excluding hydrogens is 344 g/mol. The number of rotatable bonds is 5. The van der Waals surface area contributed by atoms with E-state index in [9.17, 15) is 13.2 Å². The van der Waals surface area contributed by atoms with E-state index < -0.39 is 15.1 Å². The number of piperidine rings is 1. The van der Waals surface area contributed by atoms with Crippen molar-refractivity contribution in [1.29, 1.82) is 0 Å². The van der Waals surface area contributed by atoms with Gasteiger partial charge in [-0.3, -0.25) is 4.79 Å². The zero-order valence-electron chi connectivity index (χ0n) is 13.9. The summed E-state index contributed by atoms with van der Waals surface area (Å²) < 4.78 is 35.3. The maximum absolute atomic E-state index is 12.6. The lowest BCUT2D eigenvalue weighted by Crippen LogP contribution is -2.42. The van der Waals surface area contributed by atoms with E-state index in [-0.39, 0.29) is 17.5 Å². The number of carbonyl (C=O) groups is 1. The van der Waals surface area contributed by atoms with Gasteiger partial charge in [-0.1, -0.05) is 0 Å². The quantitative estimate of drug-likeness (QED) is 0.805. The number of hydrogen-bond acceptors (Lipinski definition) is 6. The van der Waals surface area contributed by atoms with Crippen LogP contribution < -0.4 is 4.74 Å². The second kappa shape index (κ2) is 7.26. The number of hydrogen-bond donors (Lipinski definition) is 0. The molecule has 0 aliphatic carbocycles. The van der Waals surface area contributed by atoms with Crippen LogP contribution in [-0.2, 0) is 15.6 Å². The number of ether oxygens (including phenoxy) is 1. The molecule has 1 fully saturated rings. The summed E-state index contributed by atoms with van der Waals surface area (Å²) in [4.78, 5) is 18.3. The van der Waals surface area contributed by atoms with Gasteiger partial charge in [0.15, 0.2) is 9.84 Å². The zero-order valence-corrected chi connectivity index (χ0v) is 14.7. The smallest absolute Gasteiger partial charge is 0.259 e. The second-order valence-electron chi connectivity index (χ2n) is 5.94. The number of nitrogens with zero attached hydrogens (tertiary/aromatic N) is 2. The summed E-state index contributed by atoms with van der Waals surface area (Å²) in [5, 5.41) is -0.461. The first-order chi connectivity index (χ1) is 12.0. The standard InChI is InChI=1S/C17H20N2O5S/c1-23-16-15(5-2-8-18-16)17(20)19-9-6-14(7-10-19)25(21,22)12-13-4-3-11-24-13/h2-5,8,11,14H,6-7,9-10,12H2,1H3. The highest BCUT2D eigenvalue weighted by atomic mass is 32.2. The van der Waals surface area contributed by atoms with Crippen molar-refractivity contribution in [2.75, 3.05) is 20.2 Å². The third kappa shape index (κ3) is 3.84. The number of amides is 1. The first kappa shape index (κ1) is 17.5. The second-order valence-corrected chi connectivity index (χ2v) is 8.22. The summed E-state index contributed by atoms with van der Waals surface area (Å²) in [5.74, 6) is 0.431. The van der Waals surface area contributed by atoms with Gasteiger partial charge in [0.2, 0.25) is 5.88 Å². The van der Waals surface area contributed by atoms with E-state index in [2.05, 4.69) is 4.98 Å². The van der Waals surface area contributed by atoms with Crippen LogP contribution in [-0.4, -0.2) is 49.7 Å². The summed E-state index contributed by atoms with van der Waals surface area (Å²) in [5.41, 5.74) is 0.391. The number of likely N-dealkylation sites (tertiary alicyclic amines) is 1. The van der Waals surface area contributed by atoms with Crippen LogP contribution in [0.5, 0.6) is 5.88 Å². The van der Waals surface area contributed by atoms with Gasteiger partial charge in [0.05, 0.1) is 18.6 Å². The van der Waals surface area contributed by atoms with Crippen molar-refractivity contribution >= 4 is 15.7 Å². The number of sulfone groups is 1. The van der Waals surface area contributed by atoms with Gasteiger partial charge in [0, 0.05) is 19.3 Å². The van der Waals surface area contributed by atoms with Crippen LogP contribution in [0.4, 0.5) is 0 Å². The summed E-state index contributed by atoms with van der Waals surface area (Å²) in [6, 6.07) is 6.67. The zero-order chi connectivity index (χ0) is 17.9. The molecule has 0 atom stereocenters. The molecule has 0 N–H and O–H groups in total. The topological polar surface area (TPSA) is 89.7 Å². The van der Waals surface area contributed by atoms with Gasteiger partial charge in [-0.15, -0.1) is 0 Å².